The number of hydrogen-bond donors (Lipinski definition) is 1. The van der Waals surface area contributed by atoms with Crippen LogP contribution in [0.3, 0.4) is 0 Å². The van der Waals surface area contributed by atoms with Crippen molar-refractivity contribution in [2.75, 3.05) is 26.0 Å². The Morgan fingerprint density at radius 3 is 3.08 bits per heavy atom. The van der Waals surface area contributed by atoms with E-state index < -0.39 is 0 Å². The van der Waals surface area contributed by atoms with E-state index in [0.717, 1.165) is 24.4 Å². The number of amides is 1. The number of rotatable bonds is 5. The lowest BCUT2D eigenvalue weighted by molar-refractivity contribution is 0.0715. The second-order valence-electron chi connectivity index (χ2n) is 5.71. The van der Waals surface area contributed by atoms with Gasteiger partial charge in [-0.15, -0.1) is 0 Å². The predicted octanol–water partition coefficient (Wildman–Crippen LogP) is 3.49. The van der Waals surface area contributed by atoms with E-state index in [9.17, 15) is 4.79 Å². The van der Waals surface area contributed by atoms with Gasteiger partial charge in [0.25, 0.3) is 5.91 Å². The van der Waals surface area contributed by atoms with Crippen molar-refractivity contribution >= 4 is 23.3 Å². The second kappa shape index (κ2) is 7.23. The topological polar surface area (TPSA) is 67.6 Å². The van der Waals surface area contributed by atoms with Crippen LogP contribution in [0.5, 0.6) is 0 Å². The van der Waals surface area contributed by atoms with E-state index in [2.05, 4.69) is 10.3 Å². The smallest absolute Gasteiger partial charge is 0.254 e. The fourth-order valence-corrected chi connectivity index (χ4v) is 3.22. The van der Waals surface area contributed by atoms with Gasteiger partial charge < -0.3 is 19.4 Å². The fourth-order valence-electron chi connectivity index (χ4n) is 3.01. The summed E-state index contributed by atoms with van der Waals surface area (Å²) in [5.41, 5.74) is 0.523. The third kappa shape index (κ3) is 3.39. The van der Waals surface area contributed by atoms with Gasteiger partial charge in [0.05, 0.1) is 6.04 Å². The van der Waals surface area contributed by atoms with Crippen LogP contribution >= 0.6 is 11.6 Å². The summed E-state index contributed by atoms with van der Waals surface area (Å²) >= 11 is 6.02. The van der Waals surface area contributed by atoms with Gasteiger partial charge in [-0.3, -0.25) is 4.79 Å². The molecule has 7 heteroatoms. The van der Waals surface area contributed by atoms with Crippen LogP contribution in [0, 0.1) is 0 Å². The van der Waals surface area contributed by atoms with E-state index in [4.69, 9.17) is 20.8 Å². The summed E-state index contributed by atoms with van der Waals surface area (Å²) in [6, 6.07) is 7.06. The highest BCUT2D eigenvalue weighted by Gasteiger charge is 2.33. The van der Waals surface area contributed by atoms with Gasteiger partial charge in [0, 0.05) is 26.3 Å². The number of hydrogen-bond acceptors (Lipinski definition) is 5. The molecule has 1 N–H and O–H groups in total. The molecule has 1 aliphatic rings. The lowest BCUT2D eigenvalue weighted by atomic mass is 10.1. The number of carbonyl (C=O) groups excluding carboxylic acids is 1. The molecule has 1 aliphatic heterocycles. The molecule has 2 aromatic heterocycles. The van der Waals surface area contributed by atoms with Gasteiger partial charge in [0.1, 0.15) is 29.1 Å². The molecule has 0 bridgehead atoms. The van der Waals surface area contributed by atoms with Gasteiger partial charge >= 0.3 is 0 Å². The summed E-state index contributed by atoms with van der Waals surface area (Å²) in [5.74, 6) is 2.06. The van der Waals surface area contributed by atoms with Crippen molar-refractivity contribution in [2.24, 2.45) is 0 Å². The zero-order valence-corrected chi connectivity index (χ0v) is 14.5. The quantitative estimate of drug-likeness (QED) is 0.837. The molecule has 1 unspecified atom stereocenters. The molecule has 1 amide bonds. The first-order chi connectivity index (χ1) is 11.6. The van der Waals surface area contributed by atoms with Crippen molar-refractivity contribution in [1.82, 2.24) is 9.88 Å². The summed E-state index contributed by atoms with van der Waals surface area (Å²) in [4.78, 5) is 18.9. The normalized spacial score (nSPS) is 17.3. The minimum Gasteiger partial charge on any atom is -0.461 e. The van der Waals surface area contributed by atoms with Crippen molar-refractivity contribution in [3.8, 4) is 0 Å². The number of nitrogens with zero attached hydrogens (tertiary/aromatic N) is 2. The Morgan fingerprint density at radius 2 is 2.33 bits per heavy atom. The number of pyridine rings is 1. The number of furan rings is 1. The molecule has 128 valence electrons. The lowest BCUT2D eigenvalue weighted by Crippen LogP contribution is -2.30. The number of nitrogens with one attached hydrogen (secondary N) is 1. The molecule has 0 aromatic carbocycles. The molecule has 0 spiro atoms. The van der Waals surface area contributed by atoms with Crippen molar-refractivity contribution in [1.29, 1.82) is 0 Å². The molecule has 6 nitrogen and oxygen atoms in total. The molecule has 0 saturated carbocycles. The number of methoxy groups -OCH3 is 1. The maximum absolute atomic E-state index is 12.9. The third-order valence-electron chi connectivity index (χ3n) is 4.11. The summed E-state index contributed by atoms with van der Waals surface area (Å²) in [6.45, 7) is 1.12. The number of carbonyl (C=O) groups is 1. The number of ether oxygens (including phenoxy) is 1. The minimum absolute atomic E-state index is 0.0620. The van der Waals surface area contributed by atoms with Crippen LogP contribution in [0.25, 0.3) is 0 Å². The van der Waals surface area contributed by atoms with Crippen molar-refractivity contribution in [3.05, 3.63) is 46.5 Å². The molecule has 3 heterocycles. The molecule has 1 saturated heterocycles. The Hall–Kier alpha value is -2.05. The van der Waals surface area contributed by atoms with E-state index in [1.807, 2.05) is 17.0 Å². The summed E-state index contributed by atoms with van der Waals surface area (Å²) in [6.07, 6.45) is 1.82. The summed E-state index contributed by atoms with van der Waals surface area (Å²) < 4.78 is 10.9. The van der Waals surface area contributed by atoms with Crippen LogP contribution in [-0.2, 0) is 11.3 Å². The van der Waals surface area contributed by atoms with Gasteiger partial charge in [0.15, 0.2) is 0 Å². The van der Waals surface area contributed by atoms with Gasteiger partial charge in [-0.25, -0.2) is 4.98 Å². The fraction of sp³-hybridized carbons (Fsp3) is 0.412. The average Bonchev–Trinajstić information content (AvgIpc) is 3.22. The van der Waals surface area contributed by atoms with Crippen LogP contribution in [-0.4, -0.2) is 36.5 Å². The number of likely N-dealkylation sites (tertiary alicyclic amines) is 1. The molecule has 3 rings (SSSR count). The van der Waals surface area contributed by atoms with E-state index in [-0.39, 0.29) is 11.9 Å². The number of anilines is 1. The van der Waals surface area contributed by atoms with Crippen molar-refractivity contribution in [3.63, 3.8) is 0 Å². The molecular formula is C17H20ClN3O3. The Balaban J connectivity index is 1.84. The number of aromatic nitrogens is 1. The highest BCUT2D eigenvalue weighted by atomic mass is 35.5. The van der Waals surface area contributed by atoms with Gasteiger partial charge in [-0.1, -0.05) is 11.6 Å². The van der Waals surface area contributed by atoms with Crippen LogP contribution in [0.1, 0.15) is 40.8 Å². The van der Waals surface area contributed by atoms with Crippen molar-refractivity contribution in [2.45, 2.75) is 25.5 Å². The Kier molecular flexibility index (Phi) is 5.06. The molecule has 2 aromatic rings. The number of halogens is 1. The Morgan fingerprint density at radius 1 is 1.50 bits per heavy atom. The van der Waals surface area contributed by atoms with Crippen LogP contribution in [0.15, 0.2) is 28.7 Å². The Labute approximate surface area is 145 Å². The van der Waals surface area contributed by atoms with Crippen LogP contribution in [0.4, 0.5) is 5.82 Å². The van der Waals surface area contributed by atoms with E-state index in [0.29, 0.717) is 29.7 Å². The molecule has 1 atom stereocenters. The first-order valence-electron chi connectivity index (χ1n) is 7.86. The minimum atomic E-state index is -0.0667. The average molecular weight is 350 g/mol. The van der Waals surface area contributed by atoms with E-state index >= 15 is 0 Å². The van der Waals surface area contributed by atoms with Gasteiger partial charge in [-0.2, -0.15) is 0 Å². The highest BCUT2D eigenvalue weighted by molar-refractivity contribution is 6.29. The highest BCUT2D eigenvalue weighted by Crippen LogP contribution is 2.34. The van der Waals surface area contributed by atoms with Gasteiger partial charge in [0.2, 0.25) is 0 Å². The van der Waals surface area contributed by atoms with Crippen LogP contribution < -0.4 is 5.32 Å². The SMILES string of the molecule is CNc1cc(C(=O)N2CCCC2c2ccc(COC)o2)cc(Cl)n1. The standard InChI is InChI=1S/C17H20ClN3O3/c1-19-16-9-11(8-15(18)20-16)17(22)21-7-3-4-13(21)14-6-5-12(24-14)10-23-2/h5-6,8-9,13H,3-4,7,10H2,1-2H3,(H,19,20). The maximum Gasteiger partial charge on any atom is 0.254 e. The maximum atomic E-state index is 12.9. The zero-order chi connectivity index (χ0) is 17.1. The van der Waals surface area contributed by atoms with Crippen molar-refractivity contribution < 1.29 is 13.9 Å². The second-order valence-corrected chi connectivity index (χ2v) is 6.09. The monoisotopic (exact) mass is 349 g/mol. The third-order valence-corrected chi connectivity index (χ3v) is 4.30. The summed E-state index contributed by atoms with van der Waals surface area (Å²) in [5, 5.41) is 3.21. The molecule has 0 aliphatic carbocycles. The first kappa shape index (κ1) is 16.8. The molecule has 24 heavy (non-hydrogen) atoms. The lowest BCUT2D eigenvalue weighted by Gasteiger charge is -2.23. The molecule has 1 fully saturated rings. The van der Waals surface area contributed by atoms with Crippen LogP contribution in [0.2, 0.25) is 5.15 Å². The molecular weight excluding hydrogens is 330 g/mol. The van der Waals surface area contributed by atoms with E-state index in [1.165, 1.54) is 0 Å². The Bertz CT molecular complexity index is 732. The van der Waals surface area contributed by atoms with E-state index in [1.54, 1.807) is 26.3 Å². The largest absolute Gasteiger partial charge is 0.461 e. The first-order valence-corrected chi connectivity index (χ1v) is 8.24. The predicted molar refractivity (Wildman–Crippen MR) is 91.2 cm³/mol. The summed E-state index contributed by atoms with van der Waals surface area (Å²) in [7, 11) is 3.37. The van der Waals surface area contributed by atoms with Gasteiger partial charge in [-0.05, 0) is 37.1 Å². The zero-order valence-electron chi connectivity index (χ0n) is 13.7. The molecule has 0 radical (unpaired) electrons.